The highest BCUT2D eigenvalue weighted by Crippen LogP contribution is 2.26. The summed E-state index contributed by atoms with van der Waals surface area (Å²) < 4.78 is 5.36. The fourth-order valence-corrected chi connectivity index (χ4v) is 3.90. The molecule has 10 nitrogen and oxygen atoms in total. The molecule has 37 heavy (non-hydrogen) atoms. The number of carbonyl (C=O) groups is 1. The quantitative estimate of drug-likeness (QED) is 0.250. The average molecular weight is 525 g/mol. The molecule has 2 aliphatic rings. The van der Waals surface area contributed by atoms with Crippen molar-refractivity contribution in [1.82, 2.24) is 10.2 Å². The molecule has 3 rings (SSSR count). The summed E-state index contributed by atoms with van der Waals surface area (Å²) in [4.78, 5) is 28.2. The summed E-state index contributed by atoms with van der Waals surface area (Å²) >= 11 is 6.40. The first-order valence-electron chi connectivity index (χ1n) is 11.8. The monoisotopic (exact) mass is 524 g/mol. The zero-order valence-electron chi connectivity index (χ0n) is 21.6. The number of rotatable bonds is 6. The van der Waals surface area contributed by atoms with E-state index in [2.05, 4.69) is 37.1 Å². The number of allylic oxidation sites excluding steroid dienone is 2. The SMILES string of the molecule is C=C/N=C1/C=NC(N2CCCC2)=N/C1=C(/N)Nc1cc(C(=O)NC(=N)/C=C(\OC)C(C)(C)C)ccc1Cl. The van der Waals surface area contributed by atoms with Gasteiger partial charge in [-0.15, -0.1) is 0 Å². The number of nitrogens with one attached hydrogen (secondary N) is 3. The summed E-state index contributed by atoms with van der Waals surface area (Å²) in [6.45, 7) is 11.3. The van der Waals surface area contributed by atoms with E-state index in [4.69, 9.17) is 27.5 Å². The molecule has 1 saturated heterocycles. The molecule has 2 aliphatic heterocycles. The van der Waals surface area contributed by atoms with E-state index in [1.165, 1.54) is 19.4 Å². The number of guanidine groups is 1. The molecule has 0 aromatic heterocycles. The molecule has 11 heteroatoms. The standard InChI is InChI=1S/C26H33ClN8O2/c1-6-30-19-15-31-25(35-11-7-8-12-35)34-22(19)23(29)32-18-13-16(9-10-17(18)27)24(36)33-21(28)14-20(37-5)26(2,3)4/h6,9-10,13-15,32H,1,7-8,11-12,29H2,2-5H3,(H2,28,33,36)/b20-14-,23-22-,30-19-. The first-order valence-corrected chi connectivity index (χ1v) is 12.2. The van der Waals surface area contributed by atoms with Crippen molar-refractivity contribution in [3.8, 4) is 0 Å². The van der Waals surface area contributed by atoms with Gasteiger partial charge in [0, 0.05) is 36.3 Å². The Balaban J connectivity index is 1.85. The van der Waals surface area contributed by atoms with E-state index in [0.717, 1.165) is 25.9 Å². The zero-order valence-corrected chi connectivity index (χ0v) is 22.3. The highest BCUT2D eigenvalue weighted by molar-refractivity contribution is 6.41. The Morgan fingerprint density at radius 2 is 2.03 bits per heavy atom. The number of nitrogens with zero attached hydrogens (tertiary/aromatic N) is 4. The molecule has 1 aromatic carbocycles. The van der Waals surface area contributed by atoms with Gasteiger partial charge in [-0.1, -0.05) is 39.0 Å². The molecule has 0 saturated carbocycles. The Hall–Kier alpha value is -3.92. The third-order valence-electron chi connectivity index (χ3n) is 5.61. The number of carbonyl (C=O) groups excluding carboxylic acids is 1. The lowest BCUT2D eigenvalue weighted by atomic mass is 9.93. The second-order valence-electron chi connectivity index (χ2n) is 9.47. The predicted molar refractivity (Wildman–Crippen MR) is 150 cm³/mol. The van der Waals surface area contributed by atoms with E-state index in [9.17, 15) is 4.79 Å². The maximum absolute atomic E-state index is 12.8. The van der Waals surface area contributed by atoms with Crippen molar-refractivity contribution in [2.75, 3.05) is 25.5 Å². The minimum Gasteiger partial charge on any atom is -0.500 e. The lowest BCUT2D eigenvalue weighted by Crippen LogP contribution is -2.31. The van der Waals surface area contributed by atoms with Crippen molar-refractivity contribution in [2.24, 2.45) is 26.1 Å². The van der Waals surface area contributed by atoms with Crippen molar-refractivity contribution in [3.05, 3.63) is 64.9 Å². The molecule has 196 valence electrons. The van der Waals surface area contributed by atoms with Gasteiger partial charge in [0.25, 0.3) is 5.91 Å². The van der Waals surface area contributed by atoms with Crippen LogP contribution in [-0.4, -0.2) is 54.7 Å². The van der Waals surface area contributed by atoms with Crippen LogP contribution >= 0.6 is 11.6 Å². The number of amides is 1. The summed E-state index contributed by atoms with van der Waals surface area (Å²) in [5, 5.41) is 14.1. The zero-order chi connectivity index (χ0) is 27.2. The van der Waals surface area contributed by atoms with Gasteiger partial charge in [-0.3, -0.25) is 15.2 Å². The Morgan fingerprint density at radius 1 is 1.32 bits per heavy atom. The lowest BCUT2D eigenvalue weighted by molar-refractivity contribution is 0.0977. The Kier molecular flexibility index (Phi) is 8.88. The molecule has 5 N–H and O–H groups in total. The van der Waals surface area contributed by atoms with Gasteiger partial charge in [-0.05, 0) is 31.0 Å². The topological polar surface area (TPSA) is 141 Å². The van der Waals surface area contributed by atoms with E-state index in [1.807, 2.05) is 20.8 Å². The Morgan fingerprint density at radius 3 is 2.65 bits per heavy atom. The highest BCUT2D eigenvalue weighted by Gasteiger charge is 2.23. The summed E-state index contributed by atoms with van der Waals surface area (Å²) in [5.74, 6) is 0.741. The maximum Gasteiger partial charge on any atom is 0.256 e. The summed E-state index contributed by atoms with van der Waals surface area (Å²) in [7, 11) is 1.53. The van der Waals surface area contributed by atoms with Crippen LogP contribution in [0.15, 0.2) is 69.3 Å². The maximum atomic E-state index is 12.8. The molecule has 1 aromatic rings. The van der Waals surface area contributed by atoms with E-state index in [0.29, 0.717) is 33.8 Å². The van der Waals surface area contributed by atoms with E-state index in [1.54, 1.807) is 24.4 Å². The third-order valence-corrected chi connectivity index (χ3v) is 5.94. The minimum absolute atomic E-state index is 0.0987. The van der Waals surface area contributed by atoms with Crippen LogP contribution in [0, 0.1) is 10.8 Å². The summed E-state index contributed by atoms with van der Waals surface area (Å²) in [6.07, 6.45) is 6.63. The van der Waals surface area contributed by atoms with Gasteiger partial charge >= 0.3 is 0 Å². The molecular weight excluding hydrogens is 492 g/mol. The predicted octanol–water partition coefficient (Wildman–Crippen LogP) is 4.28. The van der Waals surface area contributed by atoms with Crippen LogP contribution in [0.1, 0.15) is 44.0 Å². The number of hydrogen-bond acceptors (Lipinski definition) is 9. The molecule has 0 atom stereocenters. The summed E-state index contributed by atoms with van der Waals surface area (Å²) in [6, 6.07) is 4.69. The van der Waals surface area contributed by atoms with Crippen molar-refractivity contribution < 1.29 is 9.53 Å². The number of halogens is 1. The fourth-order valence-electron chi connectivity index (χ4n) is 3.74. The number of benzene rings is 1. The molecule has 1 amide bonds. The average Bonchev–Trinajstić information content (AvgIpc) is 3.38. The van der Waals surface area contributed by atoms with Gasteiger partial charge in [-0.25, -0.2) is 9.98 Å². The lowest BCUT2D eigenvalue weighted by Gasteiger charge is -2.21. The number of ether oxygens (including phenoxy) is 1. The normalized spacial score (nSPS) is 18.4. The Labute approximate surface area is 222 Å². The van der Waals surface area contributed by atoms with Crippen LogP contribution in [0.25, 0.3) is 0 Å². The number of amidine groups is 1. The number of anilines is 1. The fraction of sp³-hybridized carbons (Fsp3) is 0.346. The molecule has 0 spiro atoms. The second kappa shape index (κ2) is 11.9. The van der Waals surface area contributed by atoms with Gasteiger partial charge < -0.3 is 26.0 Å². The van der Waals surface area contributed by atoms with E-state index < -0.39 is 5.91 Å². The second-order valence-corrected chi connectivity index (χ2v) is 9.88. The van der Waals surface area contributed by atoms with Crippen LogP contribution in [0.4, 0.5) is 5.69 Å². The molecule has 1 fully saturated rings. The third kappa shape index (κ3) is 7.07. The molecule has 0 bridgehead atoms. The van der Waals surface area contributed by atoms with Gasteiger partial charge in [0.2, 0.25) is 5.96 Å². The largest absolute Gasteiger partial charge is 0.500 e. The van der Waals surface area contributed by atoms with Crippen LogP contribution in [0.2, 0.25) is 5.02 Å². The number of hydrogen-bond donors (Lipinski definition) is 4. The number of aliphatic imine (C=N–C) groups is 3. The van der Waals surface area contributed by atoms with Crippen molar-refractivity contribution in [3.63, 3.8) is 0 Å². The first kappa shape index (κ1) is 27.7. The molecular formula is C26H33ClN8O2. The van der Waals surface area contributed by atoms with Gasteiger partial charge in [0.1, 0.15) is 28.8 Å². The molecule has 0 unspecified atom stereocenters. The van der Waals surface area contributed by atoms with Crippen LogP contribution < -0.4 is 16.4 Å². The van der Waals surface area contributed by atoms with Gasteiger partial charge in [0.05, 0.1) is 24.0 Å². The van der Waals surface area contributed by atoms with Crippen molar-refractivity contribution in [1.29, 1.82) is 5.41 Å². The number of methoxy groups -OCH3 is 1. The molecule has 0 radical (unpaired) electrons. The number of nitrogens with two attached hydrogens (primary N) is 1. The van der Waals surface area contributed by atoms with Crippen molar-refractivity contribution in [2.45, 2.75) is 33.6 Å². The Bertz CT molecular complexity index is 1230. The van der Waals surface area contributed by atoms with E-state index in [-0.39, 0.29) is 22.6 Å². The molecule has 2 heterocycles. The van der Waals surface area contributed by atoms with Crippen LogP contribution in [0.5, 0.6) is 0 Å². The van der Waals surface area contributed by atoms with Crippen molar-refractivity contribution >= 4 is 46.9 Å². The van der Waals surface area contributed by atoms with Crippen LogP contribution in [-0.2, 0) is 4.74 Å². The van der Waals surface area contributed by atoms with Gasteiger partial charge in [0.15, 0.2) is 0 Å². The highest BCUT2D eigenvalue weighted by atomic mass is 35.5. The smallest absolute Gasteiger partial charge is 0.256 e. The summed E-state index contributed by atoms with van der Waals surface area (Å²) in [5.41, 5.74) is 7.60. The first-order chi connectivity index (χ1) is 17.5. The van der Waals surface area contributed by atoms with Gasteiger partial charge in [-0.2, -0.15) is 0 Å². The minimum atomic E-state index is -0.482. The molecule has 0 aliphatic carbocycles. The van der Waals surface area contributed by atoms with E-state index >= 15 is 0 Å². The number of likely N-dealkylation sites (tertiary alicyclic amines) is 1. The van der Waals surface area contributed by atoms with Crippen LogP contribution in [0.3, 0.4) is 0 Å².